The van der Waals surface area contributed by atoms with Gasteiger partial charge in [0.15, 0.2) is 48.8 Å². The van der Waals surface area contributed by atoms with Gasteiger partial charge in [-0.05, 0) is 47.9 Å². The maximum Gasteiger partial charge on any atom is 0.198 e. The van der Waals surface area contributed by atoms with Crippen LogP contribution in [0.25, 0.3) is 21.6 Å². The van der Waals surface area contributed by atoms with Gasteiger partial charge in [0.1, 0.15) is 12.1 Å². The van der Waals surface area contributed by atoms with Crippen LogP contribution in [0, 0.1) is 11.6 Å². The number of sulfone groups is 1. The van der Waals surface area contributed by atoms with E-state index in [1.165, 1.54) is 49.2 Å². The molecule has 0 amide bonds. The monoisotopic (exact) mass is 514 g/mol. The molecule has 12 heteroatoms. The van der Waals surface area contributed by atoms with Crippen molar-refractivity contribution < 1.29 is 26.7 Å². The average Bonchev–Trinajstić information content (AvgIpc) is 3.52. The van der Waals surface area contributed by atoms with Gasteiger partial charge >= 0.3 is 0 Å². The number of benzene rings is 2. The van der Waals surface area contributed by atoms with E-state index in [0.717, 1.165) is 12.1 Å². The number of aromatic nitrogens is 4. The van der Waals surface area contributed by atoms with Crippen molar-refractivity contribution in [3.8, 4) is 33.7 Å². The van der Waals surface area contributed by atoms with Crippen molar-refractivity contribution in [1.29, 1.82) is 0 Å². The average molecular weight is 515 g/mol. The zero-order valence-electron chi connectivity index (χ0n) is 18.0. The van der Waals surface area contributed by atoms with E-state index in [2.05, 4.69) is 19.3 Å². The summed E-state index contributed by atoms with van der Waals surface area (Å²) >= 11 is 1.20. The second-order valence-corrected chi connectivity index (χ2v) is 10.3. The summed E-state index contributed by atoms with van der Waals surface area (Å²) in [5, 5.41) is 1.29. The van der Waals surface area contributed by atoms with Crippen molar-refractivity contribution in [3.63, 3.8) is 0 Å². The zero-order valence-corrected chi connectivity index (χ0v) is 19.7. The summed E-state index contributed by atoms with van der Waals surface area (Å²) in [5.74, 6) is -2.07. The van der Waals surface area contributed by atoms with Gasteiger partial charge in [-0.25, -0.2) is 27.2 Å². The van der Waals surface area contributed by atoms with Gasteiger partial charge in [0.05, 0.1) is 17.6 Å². The van der Waals surface area contributed by atoms with Gasteiger partial charge in [0.2, 0.25) is 0 Å². The number of fused-ring (bicyclic) bond motifs is 1. The molecule has 0 fully saturated rings. The number of rotatable bonds is 7. The van der Waals surface area contributed by atoms with Gasteiger partial charge in [-0.1, -0.05) is 13.0 Å². The molecule has 178 valence electrons. The third-order valence-electron chi connectivity index (χ3n) is 5.04. The lowest BCUT2D eigenvalue weighted by Gasteiger charge is -2.14. The lowest BCUT2D eigenvalue weighted by Crippen LogP contribution is -2.05. The predicted octanol–water partition coefficient (Wildman–Crippen LogP) is 5.74. The molecule has 0 spiro atoms. The smallest absolute Gasteiger partial charge is 0.198 e. The number of halogens is 2. The second-order valence-electron chi connectivity index (χ2n) is 7.31. The molecule has 5 aromatic rings. The van der Waals surface area contributed by atoms with Gasteiger partial charge in [-0.2, -0.15) is 4.37 Å². The van der Waals surface area contributed by atoms with Crippen molar-refractivity contribution >= 4 is 32.3 Å². The van der Waals surface area contributed by atoms with Crippen molar-refractivity contribution in [2.45, 2.75) is 11.9 Å². The fourth-order valence-corrected chi connectivity index (χ4v) is 4.56. The summed E-state index contributed by atoms with van der Waals surface area (Å²) < 4.78 is 68.2. The summed E-state index contributed by atoms with van der Waals surface area (Å²) in [7, 11) is -3.48. The SMILES string of the molecule is CCS(=O)(=O)c1ccc(Oc2cc3cc(-c4ncns4)[nH]c3cc2Oc2c(F)cccc2F)cn1. The number of aromatic amines is 1. The number of nitrogens with one attached hydrogen (secondary N) is 1. The Morgan fingerprint density at radius 2 is 1.77 bits per heavy atom. The Bertz CT molecular complexity index is 1600. The standard InChI is InChI=1S/C23H16F2N4O4S2/c1-2-35(30,31)21-7-6-14(11-26-21)32-19-9-13-8-18(23-27-12-28-34-23)29-17(13)10-20(19)33-22-15(24)4-3-5-16(22)25/h3-12,29H,2H2,1H3. The minimum atomic E-state index is -3.48. The first-order chi connectivity index (χ1) is 16.8. The largest absolute Gasteiger partial charge is 0.452 e. The van der Waals surface area contributed by atoms with Gasteiger partial charge in [0, 0.05) is 17.0 Å². The molecule has 2 aromatic carbocycles. The second kappa shape index (κ2) is 9.04. The highest BCUT2D eigenvalue weighted by atomic mass is 32.2. The molecule has 0 radical (unpaired) electrons. The van der Waals surface area contributed by atoms with Crippen LogP contribution in [0.3, 0.4) is 0 Å². The van der Waals surface area contributed by atoms with Crippen molar-refractivity contribution in [2.24, 2.45) is 0 Å². The lowest BCUT2D eigenvalue weighted by atomic mass is 10.2. The summed E-state index contributed by atoms with van der Waals surface area (Å²) in [6.45, 7) is 1.52. The number of H-pyrrole nitrogens is 1. The van der Waals surface area contributed by atoms with E-state index in [0.29, 0.717) is 21.6 Å². The lowest BCUT2D eigenvalue weighted by molar-refractivity contribution is 0.381. The van der Waals surface area contributed by atoms with Crippen LogP contribution >= 0.6 is 11.5 Å². The molecule has 1 N–H and O–H groups in total. The molecule has 0 aliphatic heterocycles. The molecule has 0 aliphatic rings. The molecular weight excluding hydrogens is 498 g/mol. The van der Waals surface area contributed by atoms with Crippen LogP contribution in [-0.4, -0.2) is 33.5 Å². The first-order valence-corrected chi connectivity index (χ1v) is 12.7. The Morgan fingerprint density at radius 1 is 1.00 bits per heavy atom. The Hall–Kier alpha value is -3.90. The van der Waals surface area contributed by atoms with Gasteiger partial charge in [-0.3, -0.25) is 0 Å². The molecule has 0 unspecified atom stereocenters. The zero-order chi connectivity index (χ0) is 24.6. The third-order valence-corrected chi connectivity index (χ3v) is 7.38. The molecule has 0 bridgehead atoms. The molecular formula is C23H16F2N4O4S2. The van der Waals surface area contributed by atoms with Gasteiger partial charge in [-0.15, -0.1) is 0 Å². The summed E-state index contributed by atoms with van der Waals surface area (Å²) in [6.07, 6.45) is 2.69. The summed E-state index contributed by atoms with van der Waals surface area (Å²) in [5.41, 5.74) is 1.30. The van der Waals surface area contributed by atoms with E-state index in [4.69, 9.17) is 9.47 Å². The minimum absolute atomic E-state index is 0.0254. The van der Waals surface area contributed by atoms with E-state index < -0.39 is 27.2 Å². The van der Waals surface area contributed by atoms with E-state index in [-0.39, 0.29) is 28.0 Å². The number of nitrogens with zero attached hydrogens (tertiary/aromatic N) is 3. The highest BCUT2D eigenvalue weighted by Crippen LogP contribution is 2.40. The van der Waals surface area contributed by atoms with Crippen LogP contribution in [0.15, 0.2) is 66.1 Å². The van der Waals surface area contributed by atoms with Crippen molar-refractivity contribution in [1.82, 2.24) is 19.3 Å². The first-order valence-electron chi connectivity index (χ1n) is 10.3. The molecule has 8 nitrogen and oxygen atoms in total. The molecule has 35 heavy (non-hydrogen) atoms. The highest BCUT2D eigenvalue weighted by Gasteiger charge is 2.19. The molecule has 0 saturated heterocycles. The van der Waals surface area contributed by atoms with Crippen molar-refractivity contribution in [3.05, 3.63) is 72.7 Å². The van der Waals surface area contributed by atoms with Crippen LogP contribution in [-0.2, 0) is 9.84 Å². The van der Waals surface area contributed by atoms with Gasteiger partial charge in [0.25, 0.3) is 0 Å². The molecule has 0 atom stereocenters. The Labute approximate surface area is 202 Å². The topological polar surface area (TPSA) is 107 Å². The molecule has 3 aromatic heterocycles. The number of ether oxygens (including phenoxy) is 2. The fourth-order valence-electron chi connectivity index (χ4n) is 3.28. The van der Waals surface area contributed by atoms with Crippen LogP contribution in [0.2, 0.25) is 0 Å². The summed E-state index contributed by atoms with van der Waals surface area (Å²) in [6, 6.07) is 11.2. The maximum absolute atomic E-state index is 14.3. The normalized spacial score (nSPS) is 11.6. The van der Waals surface area contributed by atoms with Gasteiger partial charge < -0.3 is 14.5 Å². The number of hydrogen-bond donors (Lipinski definition) is 1. The Kier molecular flexibility index (Phi) is 5.91. The van der Waals surface area contributed by atoms with E-state index in [1.807, 2.05) is 6.07 Å². The molecule has 0 aliphatic carbocycles. The predicted molar refractivity (Wildman–Crippen MR) is 126 cm³/mol. The third kappa shape index (κ3) is 4.57. The quantitative estimate of drug-likeness (QED) is 0.295. The van der Waals surface area contributed by atoms with E-state index in [9.17, 15) is 17.2 Å². The van der Waals surface area contributed by atoms with Crippen LogP contribution in [0.5, 0.6) is 23.0 Å². The summed E-state index contributed by atoms with van der Waals surface area (Å²) in [4.78, 5) is 11.3. The first kappa shape index (κ1) is 22.9. The highest BCUT2D eigenvalue weighted by molar-refractivity contribution is 7.91. The molecule has 3 heterocycles. The van der Waals surface area contributed by atoms with Crippen LogP contribution < -0.4 is 9.47 Å². The Morgan fingerprint density at radius 3 is 2.43 bits per heavy atom. The van der Waals surface area contributed by atoms with E-state index in [1.54, 1.807) is 12.1 Å². The number of para-hydroxylation sites is 1. The minimum Gasteiger partial charge on any atom is -0.452 e. The van der Waals surface area contributed by atoms with E-state index >= 15 is 0 Å². The Balaban J connectivity index is 1.57. The fraction of sp³-hybridized carbons (Fsp3) is 0.0870. The molecule has 5 rings (SSSR count). The molecule has 0 saturated carbocycles. The van der Waals surface area contributed by atoms with Crippen molar-refractivity contribution in [2.75, 3.05) is 5.75 Å². The van der Waals surface area contributed by atoms with Crippen LogP contribution in [0.4, 0.5) is 8.78 Å². The maximum atomic E-state index is 14.3. The number of pyridine rings is 1. The van der Waals surface area contributed by atoms with Crippen LogP contribution in [0.1, 0.15) is 6.92 Å². The number of hydrogen-bond acceptors (Lipinski definition) is 8.